The number of carbonyl (C=O) groups excluding carboxylic acids is 1. The smallest absolute Gasteiger partial charge is 0.310 e. The molecule has 96 valence electrons. The van der Waals surface area contributed by atoms with E-state index in [0.717, 1.165) is 0 Å². The largest absolute Gasteiger partial charge is 0.466 e. The number of ether oxygens (including phenoxy) is 1. The average molecular weight is 253 g/mol. The first kappa shape index (κ1) is 14.1. The Morgan fingerprint density at radius 2 is 2.17 bits per heavy atom. The molecule has 0 fully saturated rings. The normalized spacial score (nSPS) is 10.2. The Bertz CT molecular complexity index is 492. The first-order valence-corrected chi connectivity index (χ1v) is 5.46. The van der Waals surface area contributed by atoms with E-state index >= 15 is 0 Å². The van der Waals surface area contributed by atoms with E-state index < -0.39 is 12.4 Å². The molecule has 0 bridgehead atoms. The number of nitriles is 1. The summed E-state index contributed by atoms with van der Waals surface area (Å²) in [6.07, 6.45) is -2.93. The fraction of sp³-hybridized carbons (Fsp3) is 0.385. The maximum Gasteiger partial charge on any atom is 0.310 e. The van der Waals surface area contributed by atoms with Gasteiger partial charge in [-0.15, -0.1) is 0 Å². The van der Waals surface area contributed by atoms with Crippen molar-refractivity contribution >= 4 is 5.97 Å². The van der Waals surface area contributed by atoms with E-state index in [1.54, 1.807) is 13.8 Å². The van der Waals surface area contributed by atoms with Gasteiger partial charge in [0.05, 0.1) is 24.7 Å². The Kier molecular flexibility index (Phi) is 4.78. The van der Waals surface area contributed by atoms with Crippen molar-refractivity contribution in [1.29, 1.82) is 5.26 Å². The quantitative estimate of drug-likeness (QED) is 0.775. The number of hydrogen-bond acceptors (Lipinski definition) is 3. The molecular formula is C13H13F2NO2. The highest BCUT2D eigenvalue weighted by atomic mass is 19.3. The zero-order valence-corrected chi connectivity index (χ0v) is 10.2. The van der Waals surface area contributed by atoms with Crippen LogP contribution in [0.1, 0.15) is 35.6 Å². The molecule has 0 heterocycles. The van der Waals surface area contributed by atoms with Crippen LogP contribution in [0.5, 0.6) is 0 Å². The molecule has 0 aliphatic carbocycles. The highest BCUT2D eigenvalue weighted by Crippen LogP contribution is 2.26. The van der Waals surface area contributed by atoms with Crippen molar-refractivity contribution < 1.29 is 18.3 Å². The number of rotatable bonds is 4. The number of nitrogens with zero attached hydrogens (tertiary/aromatic N) is 1. The summed E-state index contributed by atoms with van der Waals surface area (Å²) in [6.45, 7) is 3.42. The maximum absolute atomic E-state index is 12.8. The number of benzene rings is 1. The van der Waals surface area contributed by atoms with Gasteiger partial charge in [0.15, 0.2) is 0 Å². The molecule has 18 heavy (non-hydrogen) atoms. The van der Waals surface area contributed by atoms with Crippen molar-refractivity contribution in [3.8, 4) is 6.07 Å². The van der Waals surface area contributed by atoms with Crippen molar-refractivity contribution in [1.82, 2.24) is 0 Å². The molecule has 0 atom stereocenters. The van der Waals surface area contributed by atoms with Crippen molar-refractivity contribution in [2.75, 3.05) is 6.61 Å². The van der Waals surface area contributed by atoms with Gasteiger partial charge >= 0.3 is 5.97 Å². The third-order valence-electron chi connectivity index (χ3n) is 2.48. The third kappa shape index (κ3) is 3.27. The van der Waals surface area contributed by atoms with E-state index in [0.29, 0.717) is 11.1 Å². The molecule has 1 aromatic carbocycles. The van der Waals surface area contributed by atoms with Gasteiger partial charge in [0.1, 0.15) is 0 Å². The molecule has 5 heteroatoms. The predicted molar refractivity (Wildman–Crippen MR) is 61.2 cm³/mol. The van der Waals surface area contributed by atoms with Crippen LogP contribution in [0.2, 0.25) is 0 Å². The summed E-state index contributed by atoms with van der Waals surface area (Å²) < 4.78 is 30.4. The highest BCUT2D eigenvalue weighted by Gasteiger charge is 2.18. The second-order valence-electron chi connectivity index (χ2n) is 3.76. The average Bonchev–Trinajstić information content (AvgIpc) is 2.30. The highest BCUT2D eigenvalue weighted by molar-refractivity contribution is 5.73. The van der Waals surface area contributed by atoms with Crippen molar-refractivity contribution in [2.45, 2.75) is 26.7 Å². The Morgan fingerprint density at radius 1 is 1.50 bits per heavy atom. The van der Waals surface area contributed by atoms with E-state index in [1.165, 1.54) is 12.1 Å². The molecule has 0 N–H and O–H groups in total. The Balaban J connectivity index is 3.15. The number of carbonyl (C=O) groups is 1. The molecule has 0 saturated heterocycles. The molecule has 0 aliphatic heterocycles. The van der Waals surface area contributed by atoms with Crippen LogP contribution in [-0.2, 0) is 16.0 Å². The molecule has 0 saturated carbocycles. The molecule has 0 aromatic heterocycles. The standard InChI is InChI=1S/C13H13F2NO2/c1-3-18-12(17)6-9-5-10(7-16)8(2)4-11(9)13(14)15/h4-5,13H,3,6H2,1-2H3. The molecule has 0 unspecified atom stereocenters. The Hall–Kier alpha value is -1.96. The van der Waals surface area contributed by atoms with Crippen molar-refractivity contribution in [3.63, 3.8) is 0 Å². The summed E-state index contributed by atoms with van der Waals surface area (Å²) in [7, 11) is 0. The van der Waals surface area contributed by atoms with Gasteiger partial charge in [-0.25, -0.2) is 8.78 Å². The summed E-state index contributed by atoms with van der Waals surface area (Å²) in [6, 6.07) is 4.48. The van der Waals surface area contributed by atoms with Crippen LogP contribution in [0.15, 0.2) is 12.1 Å². The fourth-order valence-corrected chi connectivity index (χ4v) is 1.62. The number of esters is 1. The molecule has 1 rings (SSSR count). The molecule has 0 aliphatic rings. The minimum absolute atomic E-state index is 0.144. The number of halogens is 2. The van der Waals surface area contributed by atoms with E-state index in [1.807, 2.05) is 6.07 Å². The van der Waals surface area contributed by atoms with E-state index in [9.17, 15) is 13.6 Å². The molecule has 0 amide bonds. The van der Waals surface area contributed by atoms with Crippen LogP contribution in [0.25, 0.3) is 0 Å². The van der Waals surface area contributed by atoms with Crippen LogP contribution in [0.3, 0.4) is 0 Å². The molecule has 0 spiro atoms. The summed E-state index contributed by atoms with van der Waals surface area (Å²) in [4.78, 5) is 11.3. The third-order valence-corrected chi connectivity index (χ3v) is 2.48. The van der Waals surface area contributed by atoms with Crippen LogP contribution < -0.4 is 0 Å². The first-order chi connectivity index (χ1) is 8.49. The monoisotopic (exact) mass is 253 g/mol. The summed E-state index contributed by atoms with van der Waals surface area (Å²) in [5, 5.41) is 8.86. The lowest BCUT2D eigenvalue weighted by Crippen LogP contribution is -2.10. The van der Waals surface area contributed by atoms with Gasteiger partial charge in [0.2, 0.25) is 0 Å². The van der Waals surface area contributed by atoms with Crippen LogP contribution in [-0.4, -0.2) is 12.6 Å². The van der Waals surface area contributed by atoms with Crippen molar-refractivity contribution in [3.05, 3.63) is 34.4 Å². The van der Waals surface area contributed by atoms with Crippen LogP contribution in [0.4, 0.5) is 8.78 Å². The van der Waals surface area contributed by atoms with Crippen LogP contribution in [0, 0.1) is 18.3 Å². The summed E-state index contributed by atoms with van der Waals surface area (Å²) in [5.41, 5.74) is 0.685. The summed E-state index contributed by atoms with van der Waals surface area (Å²) in [5.74, 6) is -0.577. The lowest BCUT2D eigenvalue weighted by Gasteiger charge is -2.11. The maximum atomic E-state index is 12.8. The minimum Gasteiger partial charge on any atom is -0.466 e. The van der Waals surface area contributed by atoms with Gasteiger partial charge in [-0.2, -0.15) is 5.26 Å². The van der Waals surface area contributed by atoms with Gasteiger partial charge < -0.3 is 4.74 Å². The predicted octanol–water partition coefficient (Wildman–Crippen LogP) is 2.91. The zero-order valence-electron chi connectivity index (χ0n) is 10.2. The second kappa shape index (κ2) is 6.10. The summed E-state index contributed by atoms with van der Waals surface area (Å²) >= 11 is 0. The van der Waals surface area contributed by atoms with Gasteiger partial charge in [0.25, 0.3) is 6.43 Å². The molecule has 0 radical (unpaired) electrons. The van der Waals surface area contributed by atoms with Crippen molar-refractivity contribution in [2.24, 2.45) is 0 Å². The molecule has 3 nitrogen and oxygen atoms in total. The number of aryl methyl sites for hydroxylation is 1. The minimum atomic E-state index is -2.68. The topological polar surface area (TPSA) is 50.1 Å². The van der Waals surface area contributed by atoms with E-state index in [2.05, 4.69) is 0 Å². The van der Waals surface area contributed by atoms with Gasteiger partial charge in [-0.05, 0) is 37.1 Å². The molecule has 1 aromatic rings. The van der Waals surface area contributed by atoms with E-state index in [-0.39, 0.29) is 24.2 Å². The Labute approximate surface area is 104 Å². The Morgan fingerprint density at radius 3 is 2.67 bits per heavy atom. The van der Waals surface area contributed by atoms with E-state index in [4.69, 9.17) is 10.00 Å². The second-order valence-corrected chi connectivity index (χ2v) is 3.76. The number of hydrogen-bond donors (Lipinski definition) is 0. The lowest BCUT2D eigenvalue weighted by molar-refractivity contribution is -0.142. The van der Waals surface area contributed by atoms with Crippen LogP contribution >= 0.6 is 0 Å². The number of alkyl halides is 2. The first-order valence-electron chi connectivity index (χ1n) is 5.46. The SMILES string of the molecule is CCOC(=O)Cc1cc(C#N)c(C)cc1C(F)F. The van der Waals surface area contributed by atoms with Gasteiger partial charge in [-0.1, -0.05) is 0 Å². The zero-order chi connectivity index (χ0) is 13.7. The molecular weight excluding hydrogens is 240 g/mol. The fourth-order valence-electron chi connectivity index (χ4n) is 1.62. The van der Waals surface area contributed by atoms with Gasteiger partial charge in [0, 0.05) is 5.56 Å². The lowest BCUT2D eigenvalue weighted by atomic mass is 9.98. The van der Waals surface area contributed by atoms with Gasteiger partial charge in [-0.3, -0.25) is 4.79 Å².